The molecule has 2 aromatic rings. The zero-order valence-electron chi connectivity index (χ0n) is 10.3. The van der Waals surface area contributed by atoms with Crippen LogP contribution in [-0.4, -0.2) is 16.1 Å². The van der Waals surface area contributed by atoms with E-state index in [4.69, 9.17) is 23.2 Å². The van der Waals surface area contributed by atoms with Gasteiger partial charge in [-0.25, -0.2) is 0 Å². The molecule has 0 radical (unpaired) electrons. The van der Waals surface area contributed by atoms with Gasteiger partial charge in [-0.1, -0.05) is 36.5 Å². The summed E-state index contributed by atoms with van der Waals surface area (Å²) in [5.74, 6) is 0.145. The fraction of sp³-hybridized carbons (Fsp3) is 0.231. The van der Waals surface area contributed by atoms with E-state index in [1.807, 2.05) is 0 Å². The van der Waals surface area contributed by atoms with Gasteiger partial charge in [0.2, 0.25) is 0 Å². The Balaban J connectivity index is 2.13. The molecule has 0 saturated carbocycles. The first-order valence-electron chi connectivity index (χ1n) is 5.91. The minimum Gasteiger partial charge on any atom is -0.305 e. The largest absolute Gasteiger partial charge is 0.305 e. The number of carbonyl (C=O) groups excluding carboxylic acids is 1. The van der Waals surface area contributed by atoms with Crippen molar-refractivity contribution in [3.8, 4) is 0 Å². The molecule has 0 aliphatic carbocycles. The van der Waals surface area contributed by atoms with E-state index in [0.29, 0.717) is 21.4 Å². The number of nitrogens with one attached hydrogen (secondary N) is 2. The molecule has 0 spiro atoms. The number of amides is 1. The highest BCUT2D eigenvalue weighted by Gasteiger charge is 2.12. The summed E-state index contributed by atoms with van der Waals surface area (Å²) in [6.07, 6.45) is 1.90. The van der Waals surface area contributed by atoms with Crippen molar-refractivity contribution in [1.82, 2.24) is 10.2 Å². The van der Waals surface area contributed by atoms with Gasteiger partial charge in [0.05, 0.1) is 10.6 Å². The lowest BCUT2D eigenvalue weighted by Gasteiger charge is -2.04. The Hall–Kier alpha value is -1.52. The molecule has 1 amide bonds. The number of hydrogen-bond acceptors (Lipinski definition) is 2. The third-order valence-corrected chi connectivity index (χ3v) is 3.13. The van der Waals surface area contributed by atoms with Crippen LogP contribution >= 0.6 is 23.2 Å². The number of carbonyl (C=O) groups is 1. The Bertz CT molecular complexity index is 595. The van der Waals surface area contributed by atoms with Crippen LogP contribution < -0.4 is 5.32 Å². The third kappa shape index (κ3) is 3.49. The summed E-state index contributed by atoms with van der Waals surface area (Å²) in [5.41, 5.74) is 1.31. The van der Waals surface area contributed by atoms with Gasteiger partial charge in [-0.3, -0.25) is 9.89 Å². The van der Waals surface area contributed by atoms with Gasteiger partial charge in [-0.2, -0.15) is 5.10 Å². The van der Waals surface area contributed by atoms with Crippen molar-refractivity contribution in [3.05, 3.63) is 45.6 Å². The number of nitrogens with zero attached hydrogens (tertiary/aromatic N) is 1. The molecule has 2 N–H and O–H groups in total. The van der Waals surface area contributed by atoms with Crippen LogP contribution in [-0.2, 0) is 6.42 Å². The lowest BCUT2D eigenvalue weighted by molar-refractivity contribution is 0.102. The van der Waals surface area contributed by atoms with Gasteiger partial charge in [0.25, 0.3) is 5.91 Å². The standard InChI is InChI=1S/C13H13Cl2N3O/c1-2-3-9-7-12(18-17-9)16-13(19)10-6-8(14)4-5-11(10)15/h4-7H,2-3H2,1H3,(H2,16,17,18,19). The maximum Gasteiger partial charge on any atom is 0.258 e. The van der Waals surface area contributed by atoms with Gasteiger partial charge in [0, 0.05) is 16.8 Å². The summed E-state index contributed by atoms with van der Waals surface area (Å²) in [6.45, 7) is 2.07. The minimum atomic E-state index is -0.331. The molecule has 0 unspecified atom stereocenters. The second kappa shape index (κ2) is 6.08. The quantitative estimate of drug-likeness (QED) is 0.898. The molecule has 0 fully saturated rings. The Labute approximate surface area is 121 Å². The first-order valence-corrected chi connectivity index (χ1v) is 6.66. The average molecular weight is 298 g/mol. The fourth-order valence-electron chi connectivity index (χ4n) is 1.68. The molecule has 0 saturated heterocycles. The maximum absolute atomic E-state index is 12.0. The van der Waals surface area contributed by atoms with Crippen LogP contribution in [0.2, 0.25) is 10.0 Å². The number of aromatic nitrogens is 2. The van der Waals surface area contributed by atoms with Crippen molar-refractivity contribution in [1.29, 1.82) is 0 Å². The monoisotopic (exact) mass is 297 g/mol. The second-order valence-corrected chi connectivity index (χ2v) is 4.95. The number of benzene rings is 1. The predicted molar refractivity (Wildman–Crippen MR) is 77.0 cm³/mol. The summed E-state index contributed by atoms with van der Waals surface area (Å²) in [6, 6.07) is 6.55. The van der Waals surface area contributed by atoms with Crippen LogP contribution in [0.1, 0.15) is 29.4 Å². The highest BCUT2D eigenvalue weighted by Crippen LogP contribution is 2.21. The molecule has 1 aromatic carbocycles. The van der Waals surface area contributed by atoms with E-state index in [9.17, 15) is 4.79 Å². The summed E-state index contributed by atoms with van der Waals surface area (Å²) < 4.78 is 0. The Morgan fingerprint density at radius 1 is 1.37 bits per heavy atom. The van der Waals surface area contributed by atoms with Crippen molar-refractivity contribution < 1.29 is 4.79 Å². The number of anilines is 1. The molecule has 0 bridgehead atoms. The number of aryl methyl sites for hydroxylation is 1. The summed E-state index contributed by atoms with van der Waals surface area (Å²) in [7, 11) is 0. The normalized spacial score (nSPS) is 10.5. The molecule has 4 nitrogen and oxygen atoms in total. The topological polar surface area (TPSA) is 57.8 Å². The molecule has 0 aliphatic heterocycles. The second-order valence-electron chi connectivity index (χ2n) is 4.11. The zero-order valence-corrected chi connectivity index (χ0v) is 11.8. The molecule has 100 valence electrons. The number of rotatable bonds is 4. The van der Waals surface area contributed by atoms with Crippen molar-refractivity contribution >= 4 is 34.9 Å². The third-order valence-electron chi connectivity index (χ3n) is 2.56. The van der Waals surface area contributed by atoms with Crippen molar-refractivity contribution in [2.45, 2.75) is 19.8 Å². The molecule has 0 aliphatic rings. The van der Waals surface area contributed by atoms with E-state index in [2.05, 4.69) is 22.4 Å². The number of aromatic amines is 1. The van der Waals surface area contributed by atoms with Crippen molar-refractivity contribution in [3.63, 3.8) is 0 Å². The van der Waals surface area contributed by atoms with Gasteiger partial charge >= 0.3 is 0 Å². The van der Waals surface area contributed by atoms with Crippen molar-refractivity contribution in [2.75, 3.05) is 5.32 Å². The SMILES string of the molecule is CCCc1cc(NC(=O)c2cc(Cl)ccc2Cl)n[nH]1. The summed E-state index contributed by atoms with van der Waals surface area (Å²) in [5, 5.41) is 10.4. The van der Waals surface area contributed by atoms with Crippen LogP contribution in [0.15, 0.2) is 24.3 Å². The van der Waals surface area contributed by atoms with E-state index < -0.39 is 0 Å². The molecule has 19 heavy (non-hydrogen) atoms. The van der Waals surface area contributed by atoms with Gasteiger partial charge in [0.1, 0.15) is 0 Å². The molecular formula is C13H13Cl2N3O. The highest BCUT2D eigenvalue weighted by atomic mass is 35.5. The van der Waals surface area contributed by atoms with Crippen LogP contribution in [0.4, 0.5) is 5.82 Å². The zero-order chi connectivity index (χ0) is 13.8. The minimum absolute atomic E-state index is 0.328. The van der Waals surface area contributed by atoms with Gasteiger partial charge in [0.15, 0.2) is 5.82 Å². The first-order chi connectivity index (χ1) is 9.10. The number of hydrogen-bond donors (Lipinski definition) is 2. The molecule has 1 aromatic heterocycles. The van der Waals surface area contributed by atoms with Crippen molar-refractivity contribution in [2.24, 2.45) is 0 Å². The maximum atomic E-state index is 12.0. The lowest BCUT2D eigenvalue weighted by atomic mass is 10.2. The Morgan fingerprint density at radius 2 is 2.16 bits per heavy atom. The van der Waals surface area contributed by atoms with Gasteiger partial charge in [-0.05, 0) is 24.6 Å². The fourth-order valence-corrected chi connectivity index (χ4v) is 2.05. The molecule has 1 heterocycles. The Kier molecular flexibility index (Phi) is 4.45. The molecule has 0 atom stereocenters. The predicted octanol–water partition coefficient (Wildman–Crippen LogP) is 3.92. The van der Waals surface area contributed by atoms with Gasteiger partial charge < -0.3 is 5.32 Å². The number of halogens is 2. The smallest absolute Gasteiger partial charge is 0.258 e. The first kappa shape index (κ1) is 13.9. The average Bonchev–Trinajstić information content (AvgIpc) is 2.80. The van der Waals surface area contributed by atoms with Crippen LogP contribution in [0.25, 0.3) is 0 Å². The summed E-state index contributed by atoms with van der Waals surface area (Å²) >= 11 is 11.8. The van der Waals surface area contributed by atoms with Gasteiger partial charge in [-0.15, -0.1) is 0 Å². The Morgan fingerprint density at radius 3 is 2.89 bits per heavy atom. The van der Waals surface area contributed by atoms with Crippen LogP contribution in [0.3, 0.4) is 0 Å². The van der Waals surface area contributed by atoms with E-state index in [0.717, 1.165) is 18.5 Å². The molecule has 2 rings (SSSR count). The highest BCUT2D eigenvalue weighted by molar-refractivity contribution is 6.36. The van der Waals surface area contributed by atoms with E-state index in [1.54, 1.807) is 18.2 Å². The van der Waals surface area contributed by atoms with Crippen LogP contribution in [0.5, 0.6) is 0 Å². The lowest BCUT2D eigenvalue weighted by Crippen LogP contribution is -2.12. The van der Waals surface area contributed by atoms with E-state index in [1.165, 1.54) is 6.07 Å². The summed E-state index contributed by atoms with van der Waals surface area (Å²) in [4.78, 5) is 12.0. The van der Waals surface area contributed by atoms with Crippen LogP contribution in [0, 0.1) is 0 Å². The van der Waals surface area contributed by atoms with E-state index in [-0.39, 0.29) is 5.91 Å². The molecular weight excluding hydrogens is 285 g/mol. The van der Waals surface area contributed by atoms with E-state index >= 15 is 0 Å². The number of H-pyrrole nitrogens is 1. The molecule has 6 heteroatoms.